The van der Waals surface area contributed by atoms with Gasteiger partial charge in [0, 0.05) is 40.6 Å². The highest BCUT2D eigenvalue weighted by atomic mass is 35.5. The van der Waals surface area contributed by atoms with E-state index >= 15 is 0 Å². The van der Waals surface area contributed by atoms with Crippen molar-refractivity contribution in [1.82, 2.24) is 10.6 Å². The van der Waals surface area contributed by atoms with E-state index < -0.39 is 11.6 Å². The van der Waals surface area contributed by atoms with Crippen molar-refractivity contribution < 1.29 is 19.2 Å². The van der Waals surface area contributed by atoms with Crippen molar-refractivity contribution in [2.24, 2.45) is 0 Å². The molecular weight excluding hydrogens is 452 g/mol. The van der Waals surface area contributed by atoms with Crippen molar-refractivity contribution in [3.63, 3.8) is 0 Å². The molecule has 3 aliphatic rings. The highest BCUT2D eigenvalue weighted by molar-refractivity contribution is 7.99. The number of nitrogens with zero attached hydrogens (tertiary/aromatic N) is 1. The zero-order valence-electron chi connectivity index (χ0n) is 16.9. The molecule has 1 unspecified atom stereocenters. The Hall–Kier alpha value is -3.04. The van der Waals surface area contributed by atoms with E-state index in [1.165, 1.54) is 4.90 Å². The first-order valence-electron chi connectivity index (χ1n) is 10.1. The van der Waals surface area contributed by atoms with E-state index in [0.29, 0.717) is 41.4 Å². The molecule has 3 N–H and O–H groups in total. The number of thioether (sulfide) groups is 1. The lowest BCUT2D eigenvalue weighted by Gasteiger charge is -2.22. The zero-order valence-corrected chi connectivity index (χ0v) is 18.4. The Bertz CT molecular complexity index is 1190. The summed E-state index contributed by atoms with van der Waals surface area (Å²) >= 11 is 7.70. The van der Waals surface area contributed by atoms with Gasteiger partial charge in [-0.3, -0.25) is 19.7 Å². The topological polar surface area (TPSA) is 108 Å². The fourth-order valence-corrected chi connectivity index (χ4v) is 5.53. The van der Waals surface area contributed by atoms with E-state index in [2.05, 4.69) is 16.0 Å². The monoisotopic (exact) mass is 470 g/mol. The van der Waals surface area contributed by atoms with Gasteiger partial charge in [-0.15, -0.1) is 11.8 Å². The quantitative estimate of drug-likeness (QED) is 0.597. The number of benzene rings is 2. The fraction of sp³-hybridized carbons (Fsp3) is 0.273. The van der Waals surface area contributed by atoms with Gasteiger partial charge in [0.15, 0.2) is 0 Å². The maximum absolute atomic E-state index is 12.8. The molecule has 8 nitrogen and oxygen atoms in total. The Labute approximate surface area is 193 Å². The molecule has 2 heterocycles. The summed E-state index contributed by atoms with van der Waals surface area (Å²) in [7, 11) is 0. The molecule has 2 aliphatic heterocycles. The van der Waals surface area contributed by atoms with Crippen LogP contribution in [0.3, 0.4) is 0 Å². The van der Waals surface area contributed by atoms with Crippen molar-refractivity contribution in [2.45, 2.75) is 29.7 Å². The first kappa shape index (κ1) is 20.8. The van der Waals surface area contributed by atoms with Gasteiger partial charge >= 0.3 is 6.03 Å². The third kappa shape index (κ3) is 3.71. The Balaban J connectivity index is 1.32. The number of anilines is 2. The SMILES string of the molecule is O=C(CN1C(=O)CCSc2ccc(Cl)cc21)Nc1ccc2c(c1)CC1(C2)NC(=O)NC1=O. The molecule has 0 bridgehead atoms. The maximum Gasteiger partial charge on any atom is 0.322 e. The summed E-state index contributed by atoms with van der Waals surface area (Å²) in [5.74, 6) is -0.162. The van der Waals surface area contributed by atoms with E-state index in [1.54, 1.807) is 30.0 Å². The van der Waals surface area contributed by atoms with Gasteiger partial charge in [-0.25, -0.2) is 4.79 Å². The molecule has 1 spiro atoms. The number of nitrogens with one attached hydrogen (secondary N) is 3. The minimum Gasteiger partial charge on any atom is -0.325 e. The summed E-state index contributed by atoms with van der Waals surface area (Å²) < 4.78 is 0. The van der Waals surface area contributed by atoms with E-state index in [1.807, 2.05) is 18.2 Å². The van der Waals surface area contributed by atoms with Crippen LogP contribution in [0.2, 0.25) is 5.02 Å². The van der Waals surface area contributed by atoms with Crippen LogP contribution in [0.15, 0.2) is 41.3 Å². The van der Waals surface area contributed by atoms with Crippen LogP contribution in [0.4, 0.5) is 16.2 Å². The molecule has 0 aromatic heterocycles. The molecule has 1 saturated heterocycles. The van der Waals surface area contributed by atoms with Crippen LogP contribution in [-0.4, -0.2) is 41.6 Å². The van der Waals surface area contributed by atoms with E-state index in [9.17, 15) is 19.2 Å². The predicted molar refractivity (Wildman–Crippen MR) is 121 cm³/mol. The van der Waals surface area contributed by atoms with Crippen LogP contribution >= 0.6 is 23.4 Å². The van der Waals surface area contributed by atoms with Crippen molar-refractivity contribution in [3.8, 4) is 0 Å². The molecule has 0 radical (unpaired) electrons. The Morgan fingerprint density at radius 1 is 1.12 bits per heavy atom. The third-order valence-electron chi connectivity index (χ3n) is 5.88. The number of hydrogen-bond acceptors (Lipinski definition) is 5. The number of hydrogen-bond donors (Lipinski definition) is 3. The molecule has 164 valence electrons. The summed E-state index contributed by atoms with van der Waals surface area (Å²) in [6, 6.07) is 10.3. The Morgan fingerprint density at radius 2 is 1.94 bits per heavy atom. The predicted octanol–water partition coefficient (Wildman–Crippen LogP) is 2.48. The van der Waals surface area contributed by atoms with Crippen molar-refractivity contribution in [3.05, 3.63) is 52.5 Å². The maximum atomic E-state index is 12.8. The fourth-order valence-electron chi connectivity index (χ4n) is 4.39. The van der Waals surface area contributed by atoms with Crippen molar-refractivity contribution >= 4 is 58.5 Å². The van der Waals surface area contributed by atoms with Gasteiger partial charge in [0.1, 0.15) is 12.1 Å². The summed E-state index contributed by atoms with van der Waals surface area (Å²) in [6.07, 6.45) is 1.10. The van der Waals surface area contributed by atoms with Crippen LogP contribution in [0, 0.1) is 0 Å². The van der Waals surface area contributed by atoms with Gasteiger partial charge in [0.05, 0.1) is 5.69 Å². The average Bonchev–Trinajstić information content (AvgIpc) is 3.18. The largest absolute Gasteiger partial charge is 0.325 e. The Morgan fingerprint density at radius 3 is 2.72 bits per heavy atom. The normalized spacial score (nSPS) is 21.7. The van der Waals surface area contributed by atoms with Crippen molar-refractivity contribution in [2.75, 3.05) is 22.5 Å². The smallest absolute Gasteiger partial charge is 0.322 e. The second-order valence-corrected chi connectivity index (χ2v) is 9.64. The lowest BCUT2D eigenvalue weighted by Crippen LogP contribution is -2.47. The Kier molecular flexibility index (Phi) is 5.10. The molecule has 10 heteroatoms. The zero-order chi connectivity index (χ0) is 22.5. The molecule has 2 aromatic carbocycles. The van der Waals surface area contributed by atoms with Gasteiger partial charge in [-0.05, 0) is 41.5 Å². The van der Waals surface area contributed by atoms with Gasteiger partial charge in [-0.1, -0.05) is 17.7 Å². The number of imide groups is 1. The number of halogens is 1. The summed E-state index contributed by atoms with van der Waals surface area (Å²) in [4.78, 5) is 51.7. The molecule has 1 aliphatic carbocycles. The molecule has 2 aromatic rings. The minimum atomic E-state index is -0.957. The van der Waals surface area contributed by atoms with Gasteiger partial charge in [-0.2, -0.15) is 0 Å². The number of amides is 5. The van der Waals surface area contributed by atoms with Gasteiger partial charge in [0.2, 0.25) is 11.8 Å². The number of rotatable bonds is 3. The molecule has 0 saturated carbocycles. The summed E-state index contributed by atoms with van der Waals surface area (Å²) in [6.45, 7) is -0.133. The molecule has 5 rings (SSSR count). The van der Waals surface area contributed by atoms with Crippen molar-refractivity contribution in [1.29, 1.82) is 0 Å². The van der Waals surface area contributed by atoms with Crippen LogP contribution < -0.4 is 20.9 Å². The molecule has 5 amide bonds. The highest BCUT2D eigenvalue weighted by Crippen LogP contribution is 2.37. The number of urea groups is 1. The summed E-state index contributed by atoms with van der Waals surface area (Å²) in [5.41, 5.74) is 2.09. The highest BCUT2D eigenvalue weighted by Gasteiger charge is 2.50. The molecule has 1 fully saturated rings. The first-order valence-corrected chi connectivity index (χ1v) is 11.5. The van der Waals surface area contributed by atoms with Crippen LogP contribution in [0.5, 0.6) is 0 Å². The molecule has 32 heavy (non-hydrogen) atoms. The van der Waals surface area contributed by atoms with Crippen LogP contribution in [0.1, 0.15) is 17.5 Å². The number of carbonyl (C=O) groups excluding carboxylic acids is 4. The number of carbonyl (C=O) groups is 4. The number of fused-ring (bicyclic) bond motifs is 2. The third-order valence-corrected chi connectivity index (χ3v) is 7.18. The average molecular weight is 471 g/mol. The summed E-state index contributed by atoms with van der Waals surface area (Å²) in [5, 5.41) is 8.36. The molecule has 1 atom stereocenters. The van der Waals surface area contributed by atoms with Gasteiger partial charge in [0.25, 0.3) is 5.91 Å². The van der Waals surface area contributed by atoms with Crippen LogP contribution in [0.25, 0.3) is 0 Å². The second-order valence-electron chi connectivity index (χ2n) is 8.07. The van der Waals surface area contributed by atoms with Gasteiger partial charge < -0.3 is 15.5 Å². The second kappa shape index (κ2) is 7.83. The lowest BCUT2D eigenvalue weighted by molar-refractivity contribution is -0.123. The standard InChI is InChI=1S/C22H19ClN4O4S/c23-14-2-4-17-16(8-14)27(19(29)5-6-32-17)11-18(28)24-15-3-1-12-9-22(10-13(12)7-15)20(30)25-21(31)26-22/h1-4,7-8H,5-6,9-11H2,(H,24,28)(H2,25,26,30,31). The van der Waals surface area contributed by atoms with E-state index in [0.717, 1.165) is 16.0 Å². The van der Waals surface area contributed by atoms with E-state index in [4.69, 9.17) is 11.6 Å². The first-order chi connectivity index (χ1) is 15.3. The van der Waals surface area contributed by atoms with Crippen LogP contribution in [-0.2, 0) is 27.2 Å². The minimum absolute atomic E-state index is 0.132. The lowest BCUT2D eigenvalue weighted by atomic mass is 9.96. The molecular formula is C22H19ClN4O4S. The van der Waals surface area contributed by atoms with E-state index in [-0.39, 0.29) is 24.3 Å².